The molecule has 0 fully saturated rings. The van der Waals surface area contributed by atoms with Gasteiger partial charge in [0.1, 0.15) is 5.82 Å². The number of benzene rings is 1. The largest absolute Gasteiger partial charge is 0.415 e. The first kappa shape index (κ1) is 25.2. The number of pyridine rings is 1. The zero-order valence-electron chi connectivity index (χ0n) is 18.1. The van der Waals surface area contributed by atoms with Crippen molar-refractivity contribution in [1.29, 1.82) is 0 Å². The number of para-hydroxylation sites is 1. The summed E-state index contributed by atoms with van der Waals surface area (Å²) in [5.41, 5.74) is 4.41. The molecule has 0 saturated carbocycles. The predicted octanol–water partition coefficient (Wildman–Crippen LogP) is 4.46. The summed E-state index contributed by atoms with van der Waals surface area (Å²) < 4.78 is 31.6. The zero-order valence-corrected chi connectivity index (χ0v) is 20.7. The van der Waals surface area contributed by atoms with E-state index < -0.39 is 26.6 Å². The lowest BCUT2D eigenvalue weighted by Crippen LogP contribution is -2.44. The summed E-state index contributed by atoms with van der Waals surface area (Å²) in [5.74, 6) is -1.90. The molecule has 1 heterocycles. The number of anilines is 1. The molecule has 0 atom stereocenters. The Labute approximate surface area is 189 Å². The van der Waals surface area contributed by atoms with E-state index in [0.717, 1.165) is 0 Å². The third-order valence-electron chi connectivity index (χ3n) is 5.21. The summed E-state index contributed by atoms with van der Waals surface area (Å²) in [6.07, 6.45) is -3.23. The van der Waals surface area contributed by atoms with Crippen LogP contribution in [-0.2, 0) is 9.22 Å². The van der Waals surface area contributed by atoms with Crippen LogP contribution in [-0.4, -0.2) is 44.7 Å². The van der Waals surface area contributed by atoms with Gasteiger partial charge in [0.2, 0.25) is 0 Å². The quantitative estimate of drug-likeness (QED) is 0.287. The molecule has 0 saturated heterocycles. The second-order valence-corrected chi connectivity index (χ2v) is 14.1. The topological polar surface area (TPSA) is 92.4 Å². The molecule has 0 aliphatic rings. The maximum Gasteiger partial charge on any atom is 0.317 e. The van der Waals surface area contributed by atoms with Gasteiger partial charge in [-0.3, -0.25) is 20.4 Å². The molecule has 0 aliphatic carbocycles. The number of hydrogen-bond acceptors (Lipinski definition) is 5. The summed E-state index contributed by atoms with van der Waals surface area (Å²) in [7, 11) is -1.89. The van der Waals surface area contributed by atoms with Crippen molar-refractivity contribution in [3.63, 3.8) is 0 Å². The van der Waals surface area contributed by atoms with Gasteiger partial charge >= 0.3 is 12.3 Å². The van der Waals surface area contributed by atoms with E-state index in [1.165, 1.54) is 6.07 Å². The summed E-state index contributed by atoms with van der Waals surface area (Å²) in [5, 5.41) is 3.74. The van der Waals surface area contributed by atoms with E-state index in [9.17, 15) is 18.4 Å². The summed E-state index contributed by atoms with van der Waals surface area (Å²) >= 11 is 3.42. The molecule has 0 unspecified atom stereocenters. The number of nitrogens with one attached hydrogen (secondary N) is 3. The molecule has 2 aromatic rings. The van der Waals surface area contributed by atoms with Gasteiger partial charge in [-0.1, -0.05) is 32.9 Å². The summed E-state index contributed by atoms with van der Waals surface area (Å²) in [6, 6.07) is 6.69. The van der Waals surface area contributed by atoms with Crippen LogP contribution in [0.2, 0.25) is 18.1 Å². The Morgan fingerprint density at radius 2 is 1.90 bits per heavy atom. The smallest absolute Gasteiger partial charge is 0.317 e. The lowest BCUT2D eigenvalue weighted by Gasteiger charge is -2.36. The van der Waals surface area contributed by atoms with Crippen molar-refractivity contribution in [2.24, 2.45) is 0 Å². The third kappa shape index (κ3) is 6.44. The molecular weight excluding hydrogens is 490 g/mol. The molecule has 2 rings (SSSR count). The molecule has 11 heteroatoms. The van der Waals surface area contributed by atoms with Gasteiger partial charge in [-0.05, 0) is 46.2 Å². The molecule has 0 bridgehead atoms. The minimum Gasteiger partial charge on any atom is -0.415 e. The van der Waals surface area contributed by atoms with E-state index in [0.29, 0.717) is 34.3 Å². The lowest BCUT2D eigenvalue weighted by molar-refractivity contribution is -0.132. The first-order chi connectivity index (χ1) is 14.3. The number of hydrazine groups is 1. The molecule has 0 aliphatic heterocycles. The maximum absolute atomic E-state index is 12.6. The second kappa shape index (κ2) is 10.0. The fourth-order valence-corrected chi connectivity index (χ4v) is 3.93. The molecule has 3 N–H and O–H groups in total. The minimum absolute atomic E-state index is 0.0903. The highest BCUT2D eigenvalue weighted by Gasteiger charge is 2.36. The van der Waals surface area contributed by atoms with E-state index >= 15 is 0 Å². The number of alkyl halides is 2. The van der Waals surface area contributed by atoms with Gasteiger partial charge in [0.15, 0.2) is 8.32 Å². The summed E-state index contributed by atoms with van der Waals surface area (Å²) in [6.45, 7) is 11.7. The molecule has 0 spiro atoms. The molecule has 1 aromatic heterocycles. The molecule has 170 valence electrons. The number of halogens is 3. The van der Waals surface area contributed by atoms with Crippen LogP contribution in [0, 0.1) is 0 Å². The predicted molar refractivity (Wildman–Crippen MR) is 123 cm³/mol. The maximum atomic E-state index is 12.6. The van der Waals surface area contributed by atoms with Gasteiger partial charge < -0.3 is 9.74 Å². The van der Waals surface area contributed by atoms with Crippen molar-refractivity contribution in [1.82, 2.24) is 15.8 Å². The van der Waals surface area contributed by atoms with Crippen LogP contribution in [0.25, 0.3) is 10.9 Å². The highest BCUT2D eigenvalue weighted by Crippen LogP contribution is 2.36. The van der Waals surface area contributed by atoms with Gasteiger partial charge in [0.25, 0.3) is 5.91 Å². The Kier molecular flexibility index (Phi) is 8.12. The first-order valence-electron chi connectivity index (χ1n) is 9.69. The van der Waals surface area contributed by atoms with Crippen molar-refractivity contribution in [3.8, 4) is 0 Å². The molecule has 2 amide bonds. The average Bonchev–Trinajstić information content (AvgIpc) is 2.68. The minimum atomic E-state index is -3.23. The average molecular weight is 517 g/mol. The zero-order chi connectivity index (χ0) is 23.4. The number of aromatic nitrogens is 1. The van der Waals surface area contributed by atoms with Crippen LogP contribution >= 0.6 is 15.9 Å². The van der Waals surface area contributed by atoms with Crippen LogP contribution in [0.15, 0.2) is 28.7 Å². The number of amides is 2. The lowest BCUT2D eigenvalue weighted by atomic mass is 10.1. The fraction of sp³-hybridized carbons (Fsp3) is 0.450. The normalized spacial score (nSPS) is 12.2. The second-order valence-electron chi connectivity index (χ2n) is 8.47. The van der Waals surface area contributed by atoms with Crippen molar-refractivity contribution in [3.05, 3.63) is 34.3 Å². The van der Waals surface area contributed by atoms with Crippen LogP contribution in [0.1, 0.15) is 31.1 Å². The van der Waals surface area contributed by atoms with Crippen molar-refractivity contribution < 1.29 is 22.8 Å². The number of nitrogens with zero attached hydrogens (tertiary/aromatic N) is 1. The third-order valence-corrected chi connectivity index (χ3v) is 10.4. The highest BCUT2D eigenvalue weighted by atomic mass is 79.9. The Morgan fingerprint density at radius 3 is 2.52 bits per heavy atom. The van der Waals surface area contributed by atoms with Gasteiger partial charge in [0.05, 0.1) is 17.7 Å². The van der Waals surface area contributed by atoms with Crippen molar-refractivity contribution >= 4 is 52.8 Å². The Hall–Kier alpha value is -2.11. The number of carbonyl (C=O) groups is 2. The number of hydrogen-bond donors (Lipinski definition) is 3. The van der Waals surface area contributed by atoms with E-state index in [1.54, 1.807) is 23.6 Å². The fourth-order valence-electron chi connectivity index (χ4n) is 2.43. The molecular formula is C20H27BrF2N4O3Si. The van der Waals surface area contributed by atoms with E-state index in [1.807, 2.05) is 5.43 Å². The van der Waals surface area contributed by atoms with Gasteiger partial charge in [0, 0.05) is 16.4 Å². The van der Waals surface area contributed by atoms with Crippen LogP contribution in [0.5, 0.6) is 0 Å². The number of carbonyl (C=O) groups excluding carboxylic acids is 2. The standard InChI is InChI=1S/C20H27BrF2N4O3Si/c1-20(2,3)31(4,5)30-10-9-24-15-11-13(18(28)26-27-19(29)17(22)23)12-7-6-8-14(21)16(12)25-15/h6-8,11,17H,9-10H2,1-5H3,(H,24,25)(H,26,28)(H,27,29). The van der Waals surface area contributed by atoms with E-state index in [-0.39, 0.29) is 10.6 Å². The Bertz CT molecular complexity index is 967. The first-order valence-corrected chi connectivity index (χ1v) is 13.4. The van der Waals surface area contributed by atoms with E-state index in [2.05, 4.69) is 60.1 Å². The Morgan fingerprint density at radius 1 is 1.23 bits per heavy atom. The van der Waals surface area contributed by atoms with Crippen molar-refractivity contribution in [2.45, 2.75) is 45.3 Å². The van der Waals surface area contributed by atoms with Gasteiger partial charge in [-0.2, -0.15) is 8.78 Å². The summed E-state index contributed by atoms with van der Waals surface area (Å²) in [4.78, 5) is 28.2. The van der Waals surface area contributed by atoms with Crippen LogP contribution in [0.4, 0.5) is 14.6 Å². The molecule has 0 radical (unpaired) electrons. The number of fused-ring (bicyclic) bond motifs is 1. The van der Waals surface area contributed by atoms with E-state index in [4.69, 9.17) is 4.43 Å². The van der Waals surface area contributed by atoms with Gasteiger partial charge in [-0.15, -0.1) is 0 Å². The van der Waals surface area contributed by atoms with Crippen LogP contribution < -0.4 is 16.2 Å². The Balaban J connectivity index is 2.20. The monoisotopic (exact) mass is 516 g/mol. The number of rotatable bonds is 7. The van der Waals surface area contributed by atoms with Gasteiger partial charge in [-0.25, -0.2) is 4.98 Å². The SMILES string of the molecule is CC(C)(C)[Si](C)(C)OCCNc1cc(C(=O)NNC(=O)C(F)F)c2cccc(Br)c2n1. The molecule has 7 nitrogen and oxygen atoms in total. The highest BCUT2D eigenvalue weighted by molar-refractivity contribution is 9.10. The van der Waals surface area contributed by atoms with Crippen molar-refractivity contribution in [2.75, 3.05) is 18.5 Å². The molecule has 1 aromatic carbocycles. The van der Waals surface area contributed by atoms with Crippen LogP contribution in [0.3, 0.4) is 0 Å². The molecule has 31 heavy (non-hydrogen) atoms.